The van der Waals surface area contributed by atoms with E-state index in [4.69, 9.17) is 0 Å². The van der Waals surface area contributed by atoms with Crippen LogP contribution in [0, 0.1) is 6.92 Å². The first-order valence-electron chi connectivity index (χ1n) is 8.07. The van der Waals surface area contributed by atoms with E-state index in [9.17, 15) is 0 Å². The molecule has 1 saturated carbocycles. The number of benzene rings is 1. The number of hydrogen-bond acceptors (Lipinski definition) is 3. The van der Waals surface area contributed by atoms with Gasteiger partial charge >= 0.3 is 0 Å². The van der Waals surface area contributed by atoms with Gasteiger partial charge in [0, 0.05) is 44.5 Å². The molecule has 1 saturated heterocycles. The lowest BCUT2D eigenvalue weighted by Crippen LogP contribution is -2.47. The van der Waals surface area contributed by atoms with E-state index in [0.717, 1.165) is 19.1 Å². The topological polar surface area (TPSA) is 18.5 Å². The van der Waals surface area contributed by atoms with Crippen molar-refractivity contribution < 1.29 is 0 Å². The van der Waals surface area contributed by atoms with Gasteiger partial charge in [-0.15, -0.1) is 0 Å². The van der Waals surface area contributed by atoms with Crippen LogP contribution in [0.2, 0.25) is 0 Å². The molecule has 0 amide bonds. The molecular weight excluding hydrogens is 246 g/mol. The third-order valence-electron chi connectivity index (χ3n) is 4.56. The van der Waals surface area contributed by atoms with E-state index in [2.05, 4.69) is 47.2 Å². The fraction of sp³-hybridized carbons (Fsp3) is 0.647. The van der Waals surface area contributed by atoms with Crippen molar-refractivity contribution in [3.63, 3.8) is 0 Å². The van der Waals surface area contributed by atoms with Crippen molar-refractivity contribution in [2.24, 2.45) is 0 Å². The average molecular weight is 273 g/mol. The highest BCUT2D eigenvalue weighted by Gasteiger charge is 2.31. The van der Waals surface area contributed by atoms with Crippen molar-refractivity contribution in [3.8, 4) is 0 Å². The van der Waals surface area contributed by atoms with Gasteiger partial charge in [-0.2, -0.15) is 0 Å². The minimum absolute atomic E-state index is 0.917. The summed E-state index contributed by atoms with van der Waals surface area (Å²) in [6.45, 7) is 11.3. The molecule has 0 unspecified atom stereocenters. The monoisotopic (exact) mass is 273 g/mol. The Balaban J connectivity index is 1.61. The lowest BCUT2D eigenvalue weighted by atomic mass is 10.1. The minimum Gasteiger partial charge on any atom is -0.369 e. The Kier molecular flexibility index (Phi) is 4.27. The molecule has 1 heterocycles. The van der Waals surface area contributed by atoms with Gasteiger partial charge in [0.2, 0.25) is 0 Å². The highest BCUT2D eigenvalue weighted by molar-refractivity contribution is 5.54. The molecule has 110 valence electrons. The van der Waals surface area contributed by atoms with Crippen LogP contribution in [0.15, 0.2) is 18.2 Å². The van der Waals surface area contributed by atoms with Crippen LogP contribution in [0.5, 0.6) is 0 Å². The zero-order valence-electron chi connectivity index (χ0n) is 12.9. The number of nitrogens with zero attached hydrogens (tertiary/aromatic N) is 2. The molecule has 0 spiro atoms. The molecule has 1 aromatic rings. The van der Waals surface area contributed by atoms with Gasteiger partial charge in [0.05, 0.1) is 0 Å². The van der Waals surface area contributed by atoms with Crippen molar-refractivity contribution in [1.82, 2.24) is 10.2 Å². The summed E-state index contributed by atoms with van der Waals surface area (Å²) in [5.74, 6) is 0. The minimum atomic E-state index is 0.917. The molecular formula is C17H27N3. The largest absolute Gasteiger partial charge is 0.369 e. The summed E-state index contributed by atoms with van der Waals surface area (Å²) in [7, 11) is 0. The van der Waals surface area contributed by atoms with Gasteiger partial charge in [0.25, 0.3) is 0 Å². The lowest BCUT2D eigenvalue weighted by molar-refractivity contribution is 0.248. The van der Waals surface area contributed by atoms with E-state index in [1.807, 2.05) is 0 Å². The Hall–Kier alpha value is -1.06. The Morgan fingerprint density at radius 2 is 1.90 bits per heavy atom. The maximum absolute atomic E-state index is 3.40. The Morgan fingerprint density at radius 3 is 2.50 bits per heavy atom. The lowest BCUT2D eigenvalue weighted by Gasteiger charge is -2.37. The van der Waals surface area contributed by atoms with E-state index in [0.29, 0.717) is 0 Å². The van der Waals surface area contributed by atoms with Gasteiger partial charge in [0.15, 0.2) is 0 Å². The number of anilines is 1. The van der Waals surface area contributed by atoms with Gasteiger partial charge in [0.1, 0.15) is 0 Å². The van der Waals surface area contributed by atoms with Crippen LogP contribution < -0.4 is 10.2 Å². The number of aryl methyl sites for hydroxylation is 1. The fourth-order valence-corrected chi connectivity index (χ4v) is 3.22. The van der Waals surface area contributed by atoms with E-state index < -0.39 is 0 Å². The smallest absolute Gasteiger partial charge is 0.0397 e. The second-order valence-corrected chi connectivity index (χ2v) is 6.16. The van der Waals surface area contributed by atoms with Gasteiger partial charge in [-0.3, -0.25) is 4.90 Å². The van der Waals surface area contributed by atoms with E-state index in [1.165, 1.54) is 55.8 Å². The quantitative estimate of drug-likeness (QED) is 0.888. The highest BCUT2D eigenvalue weighted by atomic mass is 15.3. The summed E-state index contributed by atoms with van der Waals surface area (Å²) in [6, 6.07) is 7.85. The van der Waals surface area contributed by atoms with Crippen molar-refractivity contribution in [2.45, 2.75) is 39.3 Å². The van der Waals surface area contributed by atoms with Gasteiger partial charge < -0.3 is 10.2 Å². The maximum Gasteiger partial charge on any atom is 0.0397 e. The second-order valence-electron chi connectivity index (χ2n) is 6.16. The van der Waals surface area contributed by atoms with Crippen LogP contribution in [-0.2, 0) is 6.54 Å². The van der Waals surface area contributed by atoms with Crippen LogP contribution in [0.1, 0.15) is 30.9 Å². The Morgan fingerprint density at radius 1 is 1.15 bits per heavy atom. The van der Waals surface area contributed by atoms with Crippen LogP contribution >= 0.6 is 0 Å². The number of piperazine rings is 1. The first-order chi connectivity index (χ1) is 9.78. The molecule has 0 aromatic heterocycles. The van der Waals surface area contributed by atoms with Crippen molar-refractivity contribution in [2.75, 3.05) is 37.6 Å². The number of hydrogen-bond donors (Lipinski definition) is 1. The zero-order valence-corrected chi connectivity index (χ0v) is 12.9. The fourth-order valence-electron chi connectivity index (χ4n) is 3.22. The average Bonchev–Trinajstić information content (AvgIpc) is 3.30. The highest BCUT2D eigenvalue weighted by Crippen LogP contribution is 2.29. The molecule has 0 atom stereocenters. The molecule has 2 aliphatic rings. The second kappa shape index (κ2) is 6.15. The van der Waals surface area contributed by atoms with E-state index in [-0.39, 0.29) is 0 Å². The van der Waals surface area contributed by atoms with Crippen molar-refractivity contribution >= 4 is 5.69 Å². The molecule has 3 heteroatoms. The molecule has 1 aromatic carbocycles. The predicted molar refractivity (Wildman–Crippen MR) is 85.4 cm³/mol. The Labute approximate surface area is 123 Å². The predicted octanol–water partition coefficient (Wildman–Crippen LogP) is 2.39. The molecule has 20 heavy (non-hydrogen) atoms. The third kappa shape index (κ3) is 3.15. The van der Waals surface area contributed by atoms with Crippen molar-refractivity contribution in [3.05, 3.63) is 29.3 Å². The normalized spacial score (nSPS) is 20.4. The summed E-state index contributed by atoms with van der Waals surface area (Å²) < 4.78 is 0. The first-order valence-corrected chi connectivity index (χ1v) is 8.07. The maximum atomic E-state index is 3.40. The van der Waals surface area contributed by atoms with Gasteiger partial charge in [-0.25, -0.2) is 0 Å². The molecule has 3 nitrogen and oxygen atoms in total. The zero-order chi connectivity index (χ0) is 13.9. The summed E-state index contributed by atoms with van der Waals surface area (Å²) in [6.07, 6.45) is 2.86. The standard InChI is InChI=1S/C17H27N3/c1-3-18-13-15-4-7-17(14(2)12-15)20-10-8-19(9-11-20)16-5-6-16/h4,7,12,16,18H,3,5-6,8-11,13H2,1-2H3. The first kappa shape index (κ1) is 13.9. The third-order valence-corrected chi connectivity index (χ3v) is 4.56. The van der Waals surface area contributed by atoms with E-state index >= 15 is 0 Å². The van der Waals surface area contributed by atoms with Crippen LogP contribution in [0.3, 0.4) is 0 Å². The molecule has 1 aliphatic heterocycles. The molecule has 3 rings (SSSR count). The number of rotatable bonds is 5. The molecule has 1 aliphatic carbocycles. The van der Waals surface area contributed by atoms with Gasteiger partial charge in [-0.05, 0) is 43.5 Å². The molecule has 1 N–H and O–H groups in total. The van der Waals surface area contributed by atoms with Crippen LogP contribution in [-0.4, -0.2) is 43.7 Å². The molecule has 0 radical (unpaired) electrons. The summed E-state index contributed by atoms with van der Waals surface area (Å²) in [4.78, 5) is 5.23. The van der Waals surface area contributed by atoms with Crippen LogP contribution in [0.25, 0.3) is 0 Å². The molecule has 0 bridgehead atoms. The Bertz CT molecular complexity index is 446. The van der Waals surface area contributed by atoms with Crippen molar-refractivity contribution in [1.29, 1.82) is 0 Å². The molecule has 2 fully saturated rings. The van der Waals surface area contributed by atoms with E-state index in [1.54, 1.807) is 0 Å². The van der Waals surface area contributed by atoms with Gasteiger partial charge in [-0.1, -0.05) is 19.1 Å². The van der Waals surface area contributed by atoms with Crippen LogP contribution in [0.4, 0.5) is 5.69 Å². The summed E-state index contributed by atoms with van der Waals surface area (Å²) in [5.41, 5.74) is 4.24. The summed E-state index contributed by atoms with van der Waals surface area (Å²) in [5, 5.41) is 3.40. The number of nitrogens with one attached hydrogen (secondary N) is 1. The SMILES string of the molecule is CCNCc1ccc(N2CCN(C3CC3)CC2)c(C)c1. The summed E-state index contributed by atoms with van der Waals surface area (Å²) >= 11 is 0.